The van der Waals surface area contributed by atoms with Crippen LogP contribution in [0, 0.1) is 5.92 Å². The van der Waals surface area contributed by atoms with E-state index in [1.165, 1.54) is 0 Å². The predicted octanol–water partition coefficient (Wildman–Crippen LogP) is 4.52. The van der Waals surface area contributed by atoms with Gasteiger partial charge in [0.15, 0.2) is 6.61 Å². The topological polar surface area (TPSA) is 67.9 Å². The first kappa shape index (κ1) is 22.4. The lowest BCUT2D eigenvalue weighted by Gasteiger charge is -2.31. The molecule has 6 nitrogen and oxygen atoms in total. The molecule has 1 aliphatic rings. The lowest BCUT2D eigenvalue weighted by atomic mass is 9.95. The first-order valence-corrected chi connectivity index (χ1v) is 11.2. The van der Waals surface area contributed by atoms with Crippen molar-refractivity contribution >= 4 is 17.5 Å². The van der Waals surface area contributed by atoms with Gasteiger partial charge in [0.1, 0.15) is 18.1 Å². The molecule has 0 unspecified atom stereocenters. The van der Waals surface area contributed by atoms with Crippen molar-refractivity contribution in [3.8, 4) is 11.5 Å². The van der Waals surface area contributed by atoms with Crippen molar-refractivity contribution in [1.82, 2.24) is 4.90 Å². The Balaban J connectivity index is 1.17. The van der Waals surface area contributed by atoms with Crippen LogP contribution in [0.15, 0.2) is 84.9 Å². The summed E-state index contributed by atoms with van der Waals surface area (Å²) in [4.78, 5) is 26.8. The monoisotopic (exact) mass is 444 g/mol. The van der Waals surface area contributed by atoms with E-state index in [0.717, 1.165) is 17.0 Å². The number of amides is 2. The van der Waals surface area contributed by atoms with Gasteiger partial charge in [0.05, 0.1) is 0 Å². The lowest BCUT2D eigenvalue weighted by Crippen LogP contribution is -2.43. The highest BCUT2D eigenvalue weighted by molar-refractivity contribution is 5.92. The van der Waals surface area contributed by atoms with Crippen molar-refractivity contribution in [2.24, 2.45) is 5.92 Å². The first-order valence-electron chi connectivity index (χ1n) is 11.2. The number of hydrogen-bond donors (Lipinski definition) is 1. The van der Waals surface area contributed by atoms with Crippen molar-refractivity contribution in [3.63, 3.8) is 0 Å². The van der Waals surface area contributed by atoms with E-state index < -0.39 is 0 Å². The Morgan fingerprint density at radius 2 is 1.36 bits per heavy atom. The highest BCUT2D eigenvalue weighted by Crippen LogP contribution is 2.21. The summed E-state index contributed by atoms with van der Waals surface area (Å²) in [5.74, 6) is 1.22. The Kier molecular flexibility index (Phi) is 7.59. The second-order valence-corrected chi connectivity index (χ2v) is 8.04. The van der Waals surface area contributed by atoms with Gasteiger partial charge >= 0.3 is 0 Å². The van der Waals surface area contributed by atoms with Crippen LogP contribution in [0.4, 0.5) is 5.69 Å². The van der Waals surface area contributed by atoms with Gasteiger partial charge in [0.25, 0.3) is 5.91 Å². The van der Waals surface area contributed by atoms with Crippen molar-refractivity contribution in [3.05, 3.63) is 90.5 Å². The zero-order valence-electron chi connectivity index (χ0n) is 18.5. The fourth-order valence-corrected chi connectivity index (χ4v) is 3.77. The Morgan fingerprint density at radius 1 is 0.788 bits per heavy atom. The van der Waals surface area contributed by atoms with Crippen LogP contribution in [-0.4, -0.2) is 36.4 Å². The van der Waals surface area contributed by atoms with Gasteiger partial charge < -0.3 is 19.7 Å². The van der Waals surface area contributed by atoms with Gasteiger partial charge in [0, 0.05) is 24.7 Å². The maximum atomic E-state index is 12.5. The molecule has 1 N–H and O–H groups in total. The molecule has 0 spiro atoms. The smallest absolute Gasteiger partial charge is 0.260 e. The molecule has 0 atom stereocenters. The third-order valence-corrected chi connectivity index (χ3v) is 5.69. The van der Waals surface area contributed by atoms with E-state index in [0.29, 0.717) is 38.3 Å². The zero-order chi connectivity index (χ0) is 22.9. The maximum absolute atomic E-state index is 12.5. The number of rotatable bonds is 8. The molecule has 0 radical (unpaired) electrons. The van der Waals surface area contributed by atoms with Crippen LogP contribution < -0.4 is 14.8 Å². The maximum Gasteiger partial charge on any atom is 0.260 e. The molecule has 3 aromatic carbocycles. The molecule has 0 aromatic heterocycles. The summed E-state index contributed by atoms with van der Waals surface area (Å²) in [5, 5.41) is 2.95. The molecule has 1 heterocycles. The van der Waals surface area contributed by atoms with Crippen LogP contribution in [0.2, 0.25) is 0 Å². The number of nitrogens with zero attached hydrogens (tertiary/aromatic N) is 1. The molecule has 1 aliphatic heterocycles. The predicted molar refractivity (Wildman–Crippen MR) is 127 cm³/mol. The van der Waals surface area contributed by atoms with Crippen LogP contribution in [0.3, 0.4) is 0 Å². The van der Waals surface area contributed by atoms with E-state index in [2.05, 4.69) is 5.32 Å². The zero-order valence-corrected chi connectivity index (χ0v) is 18.5. The normalized spacial score (nSPS) is 13.9. The van der Waals surface area contributed by atoms with E-state index in [1.54, 1.807) is 17.0 Å². The fourth-order valence-electron chi connectivity index (χ4n) is 3.77. The summed E-state index contributed by atoms with van der Waals surface area (Å²) >= 11 is 0. The average molecular weight is 445 g/mol. The van der Waals surface area contributed by atoms with Crippen LogP contribution in [0.1, 0.15) is 18.4 Å². The van der Waals surface area contributed by atoms with E-state index in [9.17, 15) is 9.59 Å². The third-order valence-electron chi connectivity index (χ3n) is 5.69. The van der Waals surface area contributed by atoms with Crippen molar-refractivity contribution < 1.29 is 19.1 Å². The summed E-state index contributed by atoms with van der Waals surface area (Å²) in [6, 6.07) is 26.7. The van der Waals surface area contributed by atoms with Crippen LogP contribution >= 0.6 is 0 Å². The summed E-state index contributed by atoms with van der Waals surface area (Å²) in [5.41, 5.74) is 1.90. The fraction of sp³-hybridized carbons (Fsp3) is 0.259. The molecule has 1 fully saturated rings. The minimum Gasteiger partial charge on any atom is -0.489 e. The van der Waals surface area contributed by atoms with Crippen LogP contribution in [0.25, 0.3) is 0 Å². The van der Waals surface area contributed by atoms with Gasteiger partial charge in [-0.05, 0) is 54.8 Å². The van der Waals surface area contributed by atoms with Gasteiger partial charge in [-0.2, -0.15) is 0 Å². The Morgan fingerprint density at radius 3 is 2.00 bits per heavy atom. The molecule has 33 heavy (non-hydrogen) atoms. The molecular formula is C27H28N2O4. The number of anilines is 1. The number of ether oxygens (including phenoxy) is 2. The van der Waals surface area contributed by atoms with Crippen LogP contribution in [-0.2, 0) is 16.2 Å². The van der Waals surface area contributed by atoms with Crippen LogP contribution in [0.5, 0.6) is 11.5 Å². The van der Waals surface area contributed by atoms with Gasteiger partial charge in [-0.15, -0.1) is 0 Å². The molecule has 3 aromatic rings. The number of carbonyl (C=O) groups is 2. The number of para-hydroxylation sites is 1. The van der Waals surface area contributed by atoms with E-state index in [4.69, 9.17) is 9.47 Å². The van der Waals surface area contributed by atoms with Gasteiger partial charge in [0.2, 0.25) is 5.91 Å². The molecule has 0 bridgehead atoms. The van der Waals surface area contributed by atoms with Crippen molar-refractivity contribution in [2.45, 2.75) is 19.4 Å². The van der Waals surface area contributed by atoms with E-state index >= 15 is 0 Å². The largest absolute Gasteiger partial charge is 0.489 e. The summed E-state index contributed by atoms with van der Waals surface area (Å²) in [6.07, 6.45) is 1.30. The van der Waals surface area contributed by atoms with Gasteiger partial charge in [-0.25, -0.2) is 0 Å². The quantitative estimate of drug-likeness (QED) is 0.555. The molecule has 170 valence electrons. The lowest BCUT2D eigenvalue weighted by molar-refractivity contribution is -0.136. The Labute approximate surface area is 194 Å². The highest BCUT2D eigenvalue weighted by atomic mass is 16.5. The Bertz CT molecular complexity index is 1030. The second-order valence-electron chi connectivity index (χ2n) is 8.04. The summed E-state index contributed by atoms with van der Waals surface area (Å²) < 4.78 is 11.4. The molecule has 0 aliphatic carbocycles. The second kappa shape index (κ2) is 11.2. The van der Waals surface area contributed by atoms with Crippen molar-refractivity contribution in [2.75, 3.05) is 25.0 Å². The van der Waals surface area contributed by atoms with E-state index in [1.807, 2.05) is 72.8 Å². The highest BCUT2D eigenvalue weighted by Gasteiger charge is 2.27. The standard InChI is InChI=1S/C27H28N2O4/c30-26(29-17-15-22(16-18-29)27(31)28-23-9-5-2-6-10-23)20-33-25-13-11-24(12-14-25)32-19-21-7-3-1-4-8-21/h1-14,22H,15-20H2,(H,28,31). The number of hydrogen-bond acceptors (Lipinski definition) is 4. The molecule has 6 heteroatoms. The minimum absolute atomic E-state index is 0.0131. The van der Waals surface area contributed by atoms with Crippen molar-refractivity contribution in [1.29, 1.82) is 0 Å². The SMILES string of the molecule is O=C(Nc1ccccc1)C1CCN(C(=O)COc2ccc(OCc3ccccc3)cc2)CC1. The third kappa shape index (κ3) is 6.59. The number of nitrogens with one attached hydrogen (secondary N) is 1. The summed E-state index contributed by atoms with van der Waals surface area (Å²) in [7, 11) is 0. The minimum atomic E-state index is -0.0846. The number of likely N-dealkylation sites (tertiary alicyclic amines) is 1. The van der Waals surface area contributed by atoms with Gasteiger partial charge in [-0.3, -0.25) is 9.59 Å². The molecular weight excluding hydrogens is 416 g/mol. The number of carbonyl (C=O) groups excluding carboxylic acids is 2. The molecule has 0 saturated carbocycles. The molecule has 1 saturated heterocycles. The Hall–Kier alpha value is -3.80. The van der Waals surface area contributed by atoms with E-state index in [-0.39, 0.29) is 24.3 Å². The van der Waals surface area contributed by atoms with Gasteiger partial charge in [-0.1, -0.05) is 48.5 Å². The number of piperidine rings is 1. The molecule has 2 amide bonds. The average Bonchev–Trinajstić information content (AvgIpc) is 2.88. The molecule has 4 rings (SSSR count). The summed E-state index contributed by atoms with van der Waals surface area (Å²) in [6.45, 7) is 1.59. The number of benzene rings is 3. The first-order chi connectivity index (χ1) is 16.2.